The third-order valence-corrected chi connectivity index (χ3v) is 6.80. The SMILES string of the molecule is CN(C)c1ccc(C(c2nnnn2CC2CCCO2)N2CCN(c3ccccc3F)CC2)cc1. The first-order valence-corrected chi connectivity index (χ1v) is 12.0. The van der Waals surface area contributed by atoms with Crippen molar-refractivity contribution in [2.45, 2.75) is 31.5 Å². The van der Waals surface area contributed by atoms with Crippen molar-refractivity contribution in [1.82, 2.24) is 25.1 Å². The maximum atomic E-state index is 14.4. The van der Waals surface area contributed by atoms with Crippen molar-refractivity contribution in [3.05, 3.63) is 65.7 Å². The molecule has 0 spiro atoms. The number of ether oxygens (including phenoxy) is 1. The first-order valence-electron chi connectivity index (χ1n) is 12.0. The van der Waals surface area contributed by atoms with Crippen LogP contribution < -0.4 is 9.80 Å². The highest BCUT2D eigenvalue weighted by Gasteiger charge is 2.32. The molecule has 2 saturated heterocycles. The van der Waals surface area contributed by atoms with Crippen molar-refractivity contribution in [2.75, 3.05) is 56.7 Å². The fraction of sp³-hybridized carbons (Fsp3) is 0.480. The predicted molar refractivity (Wildman–Crippen MR) is 130 cm³/mol. The van der Waals surface area contributed by atoms with E-state index < -0.39 is 0 Å². The largest absolute Gasteiger partial charge is 0.378 e. The average molecular weight is 466 g/mol. The van der Waals surface area contributed by atoms with Gasteiger partial charge in [0.05, 0.1) is 24.4 Å². The van der Waals surface area contributed by atoms with Crippen LogP contribution >= 0.6 is 0 Å². The molecule has 2 aliphatic rings. The molecule has 0 radical (unpaired) electrons. The lowest BCUT2D eigenvalue weighted by Crippen LogP contribution is -2.48. The Kier molecular flexibility index (Phi) is 6.73. The third kappa shape index (κ3) is 4.76. The summed E-state index contributed by atoms with van der Waals surface area (Å²) in [7, 11) is 4.08. The minimum atomic E-state index is -0.174. The monoisotopic (exact) mass is 465 g/mol. The molecule has 2 fully saturated rings. The number of benzene rings is 2. The molecule has 2 unspecified atom stereocenters. The van der Waals surface area contributed by atoms with Gasteiger partial charge in [0.25, 0.3) is 0 Å². The minimum absolute atomic E-state index is 0.0876. The summed E-state index contributed by atoms with van der Waals surface area (Å²) in [4.78, 5) is 6.61. The van der Waals surface area contributed by atoms with E-state index in [0.717, 1.165) is 62.7 Å². The number of tetrazole rings is 1. The molecule has 0 aliphatic carbocycles. The van der Waals surface area contributed by atoms with Crippen LogP contribution in [0.3, 0.4) is 0 Å². The van der Waals surface area contributed by atoms with E-state index in [2.05, 4.69) is 54.5 Å². The molecule has 0 amide bonds. The van der Waals surface area contributed by atoms with Crippen molar-refractivity contribution >= 4 is 11.4 Å². The zero-order valence-corrected chi connectivity index (χ0v) is 19.8. The summed E-state index contributed by atoms with van der Waals surface area (Å²) in [5.41, 5.74) is 2.96. The van der Waals surface area contributed by atoms with E-state index in [1.165, 1.54) is 6.07 Å². The molecule has 0 N–H and O–H groups in total. The van der Waals surface area contributed by atoms with Crippen LogP contribution in [0.4, 0.5) is 15.8 Å². The topological polar surface area (TPSA) is 62.6 Å². The molecule has 2 atom stereocenters. The standard InChI is InChI=1S/C25H32FN7O/c1-30(2)20-11-9-19(10-12-20)24(25-27-28-29-33(25)18-21-6-5-17-34-21)32-15-13-31(14-16-32)23-8-4-3-7-22(23)26/h3-4,7-12,21,24H,5-6,13-18H2,1-2H3. The smallest absolute Gasteiger partial charge is 0.173 e. The van der Waals surface area contributed by atoms with Gasteiger partial charge in [-0.25, -0.2) is 9.07 Å². The summed E-state index contributed by atoms with van der Waals surface area (Å²) >= 11 is 0. The van der Waals surface area contributed by atoms with Crippen LogP contribution in [-0.4, -0.2) is 78.1 Å². The Hall–Kier alpha value is -3.04. The van der Waals surface area contributed by atoms with Gasteiger partial charge in [0, 0.05) is 52.6 Å². The number of piperazine rings is 1. The quantitative estimate of drug-likeness (QED) is 0.532. The van der Waals surface area contributed by atoms with Gasteiger partial charge in [-0.15, -0.1) is 5.10 Å². The first kappa shape index (κ1) is 22.7. The Bertz CT molecular complexity index is 1070. The van der Waals surface area contributed by atoms with Crippen LogP contribution in [0.1, 0.15) is 30.3 Å². The van der Waals surface area contributed by atoms with Gasteiger partial charge in [0.2, 0.25) is 0 Å². The predicted octanol–water partition coefficient (Wildman–Crippen LogP) is 2.97. The fourth-order valence-electron chi connectivity index (χ4n) is 4.93. The van der Waals surface area contributed by atoms with E-state index in [1.807, 2.05) is 30.9 Å². The molecule has 2 aliphatic heterocycles. The second-order valence-corrected chi connectivity index (χ2v) is 9.22. The van der Waals surface area contributed by atoms with Crippen LogP contribution in [-0.2, 0) is 11.3 Å². The summed E-state index contributed by atoms with van der Waals surface area (Å²) in [5, 5.41) is 12.8. The van der Waals surface area contributed by atoms with Gasteiger partial charge >= 0.3 is 0 Å². The Labute approximate surface area is 199 Å². The van der Waals surface area contributed by atoms with Crippen LogP contribution in [0.5, 0.6) is 0 Å². The summed E-state index contributed by atoms with van der Waals surface area (Å²) in [5.74, 6) is 0.653. The number of para-hydroxylation sites is 1. The van der Waals surface area contributed by atoms with Crippen LogP contribution in [0.15, 0.2) is 48.5 Å². The van der Waals surface area contributed by atoms with Gasteiger partial charge in [-0.05, 0) is 53.1 Å². The molecule has 0 bridgehead atoms. The van der Waals surface area contributed by atoms with E-state index in [-0.39, 0.29) is 18.0 Å². The Balaban J connectivity index is 1.41. The summed E-state index contributed by atoms with van der Waals surface area (Å²) in [6, 6.07) is 15.5. The number of aromatic nitrogens is 4. The molecule has 9 heteroatoms. The maximum absolute atomic E-state index is 14.4. The summed E-state index contributed by atoms with van der Waals surface area (Å²) in [6.07, 6.45) is 2.26. The zero-order valence-electron chi connectivity index (χ0n) is 19.8. The number of anilines is 2. The lowest BCUT2D eigenvalue weighted by Gasteiger charge is -2.40. The second-order valence-electron chi connectivity index (χ2n) is 9.22. The highest BCUT2D eigenvalue weighted by atomic mass is 19.1. The van der Waals surface area contributed by atoms with Crippen molar-refractivity contribution < 1.29 is 9.13 Å². The number of halogens is 1. The van der Waals surface area contributed by atoms with Crippen molar-refractivity contribution in [3.8, 4) is 0 Å². The lowest BCUT2D eigenvalue weighted by atomic mass is 10.0. The Morgan fingerprint density at radius 3 is 2.50 bits per heavy atom. The van der Waals surface area contributed by atoms with Gasteiger partial charge in [-0.3, -0.25) is 4.90 Å². The summed E-state index contributed by atoms with van der Waals surface area (Å²) in [6.45, 7) is 4.49. The van der Waals surface area contributed by atoms with Gasteiger partial charge in [0.1, 0.15) is 5.82 Å². The number of rotatable bonds is 7. The molecular weight excluding hydrogens is 433 g/mol. The van der Waals surface area contributed by atoms with Crippen molar-refractivity contribution in [1.29, 1.82) is 0 Å². The first-order chi connectivity index (χ1) is 16.6. The van der Waals surface area contributed by atoms with Crippen molar-refractivity contribution in [3.63, 3.8) is 0 Å². The van der Waals surface area contributed by atoms with E-state index in [4.69, 9.17) is 4.74 Å². The number of hydrogen-bond acceptors (Lipinski definition) is 7. The normalized spacial score (nSPS) is 20.0. The lowest BCUT2D eigenvalue weighted by molar-refractivity contribution is 0.0906. The molecule has 1 aromatic heterocycles. The second kappa shape index (κ2) is 10.1. The minimum Gasteiger partial charge on any atom is -0.378 e. The summed E-state index contributed by atoms with van der Waals surface area (Å²) < 4.78 is 22.1. The van der Waals surface area contributed by atoms with Crippen LogP contribution in [0.25, 0.3) is 0 Å². The maximum Gasteiger partial charge on any atom is 0.173 e. The average Bonchev–Trinajstić information content (AvgIpc) is 3.54. The van der Waals surface area contributed by atoms with E-state index in [1.54, 1.807) is 6.07 Å². The molecule has 34 heavy (non-hydrogen) atoms. The van der Waals surface area contributed by atoms with Gasteiger partial charge < -0.3 is 14.5 Å². The Morgan fingerprint density at radius 2 is 1.82 bits per heavy atom. The van der Waals surface area contributed by atoms with Crippen LogP contribution in [0.2, 0.25) is 0 Å². The molecule has 3 heterocycles. The fourth-order valence-corrected chi connectivity index (χ4v) is 4.93. The molecule has 5 rings (SSSR count). The highest BCUT2D eigenvalue weighted by Crippen LogP contribution is 2.31. The molecule has 2 aromatic carbocycles. The van der Waals surface area contributed by atoms with Gasteiger partial charge in [-0.2, -0.15) is 0 Å². The van der Waals surface area contributed by atoms with Gasteiger partial charge in [0.15, 0.2) is 5.82 Å². The molecule has 0 saturated carbocycles. The number of nitrogens with zero attached hydrogens (tertiary/aromatic N) is 7. The van der Waals surface area contributed by atoms with Gasteiger partial charge in [-0.1, -0.05) is 24.3 Å². The van der Waals surface area contributed by atoms with E-state index >= 15 is 0 Å². The Morgan fingerprint density at radius 1 is 1.06 bits per heavy atom. The zero-order chi connectivity index (χ0) is 23.5. The van der Waals surface area contributed by atoms with Crippen molar-refractivity contribution in [2.24, 2.45) is 0 Å². The van der Waals surface area contributed by atoms with Crippen LogP contribution in [0, 0.1) is 5.82 Å². The van der Waals surface area contributed by atoms with E-state index in [0.29, 0.717) is 12.2 Å². The van der Waals surface area contributed by atoms with E-state index in [9.17, 15) is 4.39 Å². The molecule has 3 aromatic rings. The molecular formula is C25H32FN7O. The molecule has 180 valence electrons. The third-order valence-electron chi connectivity index (χ3n) is 6.80. The molecule has 8 nitrogen and oxygen atoms in total. The highest BCUT2D eigenvalue weighted by molar-refractivity contribution is 5.49. The number of hydrogen-bond donors (Lipinski definition) is 0.